The van der Waals surface area contributed by atoms with Crippen molar-refractivity contribution < 1.29 is 13.9 Å². The van der Waals surface area contributed by atoms with Gasteiger partial charge >= 0.3 is 0 Å². The molecule has 1 aliphatic heterocycles. The summed E-state index contributed by atoms with van der Waals surface area (Å²) in [5.74, 6) is 1.67. The Kier molecular flexibility index (Phi) is 6.56. The first-order chi connectivity index (χ1) is 14.6. The molecular formula is C25H26ClNO3. The van der Waals surface area contributed by atoms with E-state index in [2.05, 4.69) is 11.4 Å². The molecular weight excluding hydrogens is 398 g/mol. The van der Waals surface area contributed by atoms with Crippen LogP contribution in [0.2, 0.25) is 5.02 Å². The van der Waals surface area contributed by atoms with Crippen LogP contribution in [-0.4, -0.2) is 25.7 Å². The summed E-state index contributed by atoms with van der Waals surface area (Å²) in [7, 11) is 0. The first-order valence-electron chi connectivity index (χ1n) is 10.4. The Balaban J connectivity index is 1.35. The van der Waals surface area contributed by atoms with Crippen LogP contribution in [-0.2, 0) is 21.4 Å². The molecule has 1 fully saturated rings. The van der Waals surface area contributed by atoms with E-state index < -0.39 is 0 Å². The first-order valence-corrected chi connectivity index (χ1v) is 10.8. The molecule has 0 saturated carbocycles. The number of aryl methyl sites for hydroxylation is 1. The molecule has 0 aliphatic carbocycles. The van der Waals surface area contributed by atoms with Gasteiger partial charge in [0, 0.05) is 48.6 Å². The summed E-state index contributed by atoms with van der Waals surface area (Å²) >= 11 is 6.22. The summed E-state index contributed by atoms with van der Waals surface area (Å²) in [4.78, 5) is 12.6. The lowest BCUT2D eigenvalue weighted by atomic mass is 9.74. The molecule has 1 aromatic heterocycles. The largest absolute Gasteiger partial charge is 0.461 e. The van der Waals surface area contributed by atoms with Crippen molar-refractivity contribution in [1.29, 1.82) is 0 Å². The lowest BCUT2D eigenvalue weighted by Crippen LogP contribution is -2.44. The molecule has 0 spiro atoms. The summed E-state index contributed by atoms with van der Waals surface area (Å²) in [6, 6.07) is 21.8. The molecule has 4 rings (SSSR count). The van der Waals surface area contributed by atoms with E-state index in [4.69, 9.17) is 20.8 Å². The predicted molar refractivity (Wildman–Crippen MR) is 119 cm³/mol. The maximum absolute atomic E-state index is 12.6. The molecule has 0 bridgehead atoms. The molecule has 1 saturated heterocycles. The van der Waals surface area contributed by atoms with Gasteiger partial charge in [-0.1, -0.05) is 54.1 Å². The minimum Gasteiger partial charge on any atom is -0.461 e. The third kappa shape index (κ3) is 4.94. The highest BCUT2D eigenvalue weighted by Gasteiger charge is 2.35. The lowest BCUT2D eigenvalue weighted by molar-refractivity contribution is -0.121. The van der Waals surface area contributed by atoms with E-state index >= 15 is 0 Å². The van der Waals surface area contributed by atoms with Crippen LogP contribution < -0.4 is 5.32 Å². The van der Waals surface area contributed by atoms with Gasteiger partial charge in [-0.3, -0.25) is 4.79 Å². The molecule has 3 aromatic rings. The Morgan fingerprint density at radius 3 is 2.57 bits per heavy atom. The van der Waals surface area contributed by atoms with Gasteiger partial charge in [-0.2, -0.15) is 0 Å². The number of carbonyl (C=O) groups is 1. The number of benzene rings is 2. The molecule has 1 aliphatic rings. The van der Waals surface area contributed by atoms with Gasteiger partial charge in [0.2, 0.25) is 5.91 Å². The van der Waals surface area contributed by atoms with Crippen LogP contribution in [0.5, 0.6) is 0 Å². The quantitative estimate of drug-likeness (QED) is 0.553. The molecule has 0 unspecified atom stereocenters. The van der Waals surface area contributed by atoms with Crippen LogP contribution >= 0.6 is 11.6 Å². The third-order valence-electron chi connectivity index (χ3n) is 5.83. The number of halogens is 1. The lowest BCUT2D eigenvalue weighted by Gasteiger charge is -2.38. The van der Waals surface area contributed by atoms with E-state index in [1.54, 1.807) is 0 Å². The third-order valence-corrected chi connectivity index (χ3v) is 6.06. The van der Waals surface area contributed by atoms with E-state index in [9.17, 15) is 4.79 Å². The zero-order valence-corrected chi connectivity index (χ0v) is 17.7. The second-order valence-corrected chi connectivity index (χ2v) is 8.25. The summed E-state index contributed by atoms with van der Waals surface area (Å²) in [6.07, 6.45) is 2.70. The Labute approximate surface area is 182 Å². The second kappa shape index (κ2) is 9.50. The van der Waals surface area contributed by atoms with Gasteiger partial charge in [-0.25, -0.2) is 0 Å². The van der Waals surface area contributed by atoms with Gasteiger partial charge in [0.25, 0.3) is 0 Å². The van der Waals surface area contributed by atoms with Crippen molar-refractivity contribution in [2.45, 2.75) is 31.1 Å². The fourth-order valence-electron chi connectivity index (χ4n) is 4.01. The number of hydrogen-bond donors (Lipinski definition) is 1. The number of furan rings is 1. The molecule has 156 valence electrons. The molecule has 0 atom stereocenters. The van der Waals surface area contributed by atoms with Crippen LogP contribution in [0.15, 0.2) is 71.1 Å². The van der Waals surface area contributed by atoms with E-state index in [1.807, 2.05) is 60.7 Å². The average molecular weight is 424 g/mol. The molecule has 5 heteroatoms. The minimum atomic E-state index is -0.135. The van der Waals surface area contributed by atoms with Crippen molar-refractivity contribution in [2.24, 2.45) is 0 Å². The molecule has 30 heavy (non-hydrogen) atoms. The standard InChI is InChI=1S/C25H26ClNO3/c26-21-8-4-7-20(17-21)25(13-15-29-16-14-25)18-27-24(28)12-10-22-9-11-23(30-22)19-5-2-1-3-6-19/h1-9,11,17H,10,12-16,18H2,(H,27,28). The zero-order valence-electron chi connectivity index (χ0n) is 16.9. The second-order valence-electron chi connectivity index (χ2n) is 7.81. The first kappa shape index (κ1) is 20.7. The summed E-state index contributed by atoms with van der Waals surface area (Å²) in [5, 5.41) is 3.86. The fourth-order valence-corrected chi connectivity index (χ4v) is 4.20. The van der Waals surface area contributed by atoms with Gasteiger partial charge in [0.1, 0.15) is 11.5 Å². The van der Waals surface area contributed by atoms with Gasteiger partial charge in [0.15, 0.2) is 0 Å². The topological polar surface area (TPSA) is 51.5 Å². The van der Waals surface area contributed by atoms with Crippen molar-refractivity contribution in [3.05, 3.63) is 83.1 Å². The molecule has 2 heterocycles. The van der Waals surface area contributed by atoms with Crippen LogP contribution in [0, 0.1) is 0 Å². The number of carbonyl (C=O) groups excluding carboxylic acids is 1. The molecule has 4 nitrogen and oxygen atoms in total. The predicted octanol–water partition coefficient (Wildman–Crippen LogP) is 5.40. The van der Waals surface area contributed by atoms with Crippen molar-refractivity contribution >= 4 is 17.5 Å². The maximum atomic E-state index is 12.6. The number of hydrogen-bond acceptors (Lipinski definition) is 3. The molecule has 2 aromatic carbocycles. The van der Waals surface area contributed by atoms with Crippen molar-refractivity contribution in [2.75, 3.05) is 19.8 Å². The highest BCUT2D eigenvalue weighted by molar-refractivity contribution is 6.30. The molecule has 1 amide bonds. The van der Waals surface area contributed by atoms with Crippen LogP contribution in [0.4, 0.5) is 0 Å². The number of nitrogens with one attached hydrogen (secondary N) is 1. The number of rotatable bonds is 7. The summed E-state index contributed by atoms with van der Waals surface area (Å²) < 4.78 is 11.5. The maximum Gasteiger partial charge on any atom is 0.220 e. The van der Waals surface area contributed by atoms with E-state index in [-0.39, 0.29) is 11.3 Å². The SMILES string of the molecule is O=C(CCc1ccc(-c2ccccc2)o1)NCC1(c2cccc(Cl)c2)CCOCC1. The normalized spacial score (nSPS) is 15.6. The highest BCUT2D eigenvalue weighted by Crippen LogP contribution is 2.35. The van der Waals surface area contributed by atoms with Crippen LogP contribution in [0.25, 0.3) is 11.3 Å². The van der Waals surface area contributed by atoms with Crippen molar-refractivity contribution in [3.63, 3.8) is 0 Å². The van der Waals surface area contributed by atoms with E-state index in [1.165, 1.54) is 0 Å². The van der Waals surface area contributed by atoms with Crippen LogP contribution in [0.3, 0.4) is 0 Å². The minimum absolute atomic E-state index is 0.0283. The Hall–Kier alpha value is -2.56. The molecule has 0 radical (unpaired) electrons. The highest BCUT2D eigenvalue weighted by atomic mass is 35.5. The average Bonchev–Trinajstić information content (AvgIpc) is 3.27. The number of amides is 1. The van der Waals surface area contributed by atoms with Crippen molar-refractivity contribution in [1.82, 2.24) is 5.32 Å². The van der Waals surface area contributed by atoms with Crippen molar-refractivity contribution in [3.8, 4) is 11.3 Å². The van der Waals surface area contributed by atoms with Crippen LogP contribution in [0.1, 0.15) is 30.6 Å². The Morgan fingerprint density at radius 1 is 1.00 bits per heavy atom. The summed E-state index contributed by atoms with van der Waals surface area (Å²) in [5.41, 5.74) is 2.07. The van der Waals surface area contributed by atoms with Gasteiger partial charge in [-0.15, -0.1) is 0 Å². The van der Waals surface area contributed by atoms with E-state index in [0.717, 1.165) is 40.5 Å². The van der Waals surface area contributed by atoms with Gasteiger partial charge in [0.05, 0.1) is 0 Å². The monoisotopic (exact) mass is 423 g/mol. The summed E-state index contributed by atoms with van der Waals surface area (Å²) in [6.45, 7) is 1.97. The van der Waals surface area contributed by atoms with E-state index in [0.29, 0.717) is 32.6 Å². The Bertz CT molecular complexity index is 977. The zero-order chi connectivity index (χ0) is 20.8. The van der Waals surface area contributed by atoms with Gasteiger partial charge < -0.3 is 14.5 Å². The smallest absolute Gasteiger partial charge is 0.220 e. The fraction of sp³-hybridized carbons (Fsp3) is 0.320. The van der Waals surface area contributed by atoms with Gasteiger partial charge in [-0.05, 0) is 42.7 Å². The number of ether oxygens (including phenoxy) is 1. The Morgan fingerprint density at radius 2 is 1.80 bits per heavy atom. The molecule has 1 N–H and O–H groups in total.